The first-order chi connectivity index (χ1) is 9.79. The fourth-order valence-corrected chi connectivity index (χ4v) is 3.42. The monoisotopic (exact) mass is 394 g/mol. The van der Waals surface area contributed by atoms with E-state index in [4.69, 9.17) is 22.0 Å². The first-order valence-electron chi connectivity index (χ1n) is 5.88. The maximum Gasteiger partial charge on any atom is 0.337 e. The smallest absolute Gasteiger partial charge is 0.337 e. The van der Waals surface area contributed by atoms with Gasteiger partial charge in [-0.3, -0.25) is 0 Å². The molecule has 2 N–H and O–H groups in total. The third-order valence-corrected chi connectivity index (χ3v) is 5.25. The Morgan fingerprint density at radius 3 is 2.67 bits per heavy atom. The molecule has 0 fully saturated rings. The minimum atomic E-state index is -3.83. The molecule has 0 aliphatic heterocycles. The Hall–Kier alpha value is -1.14. The van der Waals surface area contributed by atoms with Gasteiger partial charge in [0.25, 0.3) is 0 Å². The van der Waals surface area contributed by atoms with Crippen molar-refractivity contribution in [3.8, 4) is 6.07 Å². The minimum absolute atomic E-state index is 0.0597. The molecule has 0 saturated heterocycles. The molecule has 0 unspecified atom stereocenters. The van der Waals surface area contributed by atoms with Gasteiger partial charge in [0.1, 0.15) is 0 Å². The van der Waals surface area contributed by atoms with Crippen LogP contribution in [-0.4, -0.2) is 26.0 Å². The predicted molar refractivity (Wildman–Crippen MR) is 80.8 cm³/mol. The highest BCUT2D eigenvalue weighted by atomic mass is 79.9. The molecule has 6 nitrogen and oxygen atoms in total. The third kappa shape index (κ3) is 4.97. The summed E-state index contributed by atoms with van der Waals surface area (Å²) in [5, 5.41) is 17.3. The Balaban J connectivity index is 2.94. The van der Waals surface area contributed by atoms with E-state index in [0.717, 1.165) is 6.07 Å². The molecule has 0 bridgehead atoms. The number of nitrogens with one attached hydrogen (secondary N) is 1. The number of sulfonamides is 1. The second-order valence-corrected chi connectivity index (χ2v) is 7.08. The number of unbranched alkanes of at least 4 members (excludes halogenated alkanes) is 2. The average molecular weight is 396 g/mol. The van der Waals surface area contributed by atoms with Crippen LogP contribution in [0.1, 0.15) is 29.6 Å². The van der Waals surface area contributed by atoms with Gasteiger partial charge in [-0.05, 0) is 40.9 Å². The number of nitriles is 1. The number of nitrogens with zero attached hydrogens (tertiary/aromatic N) is 1. The lowest BCUT2D eigenvalue weighted by molar-refractivity contribution is 0.0696. The van der Waals surface area contributed by atoms with Crippen LogP contribution in [0, 0.1) is 11.3 Å². The molecule has 0 aliphatic carbocycles. The molecule has 9 heteroatoms. The van der Waals surface area contributed by atoms with Crippen LogP contribution in [0.3, 0.4) is 0 Å². The van der Waals surface area contributed by atoms with Crippen molar-refractivity contribution in [2.75, 3.05) is 6.54 Å². The van der Waals surface area contributed by atoms with Gasteiger partial charge in [0.15, 0.2) is 0 Å². The van der Waals surface area contributed by atoms with E-state index in [2.05, 4.69) is 20.7 Å². The molecule has 1 aromatic rings. The van der Waals surface area contributed by atoms with E-state index in [0.29, 0.717) is 19.3 Å². The highest BCUT2D eigenvalue weighted by Crippen LogP contribution is 2.29. The summed E-state index contributed by atoms with van der Waals surface area (Å²) in [6.07, 6.45) is 1.47. The molecule has 1 aromatic carbocycles. The summed E-state index contributed by atoms with van der Waals surface area (Å²) in [5.74, 6) is -1.31. The van der Waals surface area contributed by atoms with E-state index in [1.165, 1.54) is 6.07 Å². The van der Waals surface area contributed by atoms with E-state index >= 15 is 0 Å². The van der Waals surface area contributed by atoms with Crippen molar-refractivity contribution < 1.29 is 18.3 Å². The van der Waals surface area contributed by atoms with E-state index < -0.39 is 16.0 Å². The molecule has 0 amide bonds. The number of hydrogen-bond donors (Lipinski definition) is 2. The minimum Gasteiger partial charge on any atom is -0.478 e. The molecule has 0 aromatic heterocycles. The lowest BCUT2D eigenvalue weighted by atomic mass is 10.2. The third-order valence-electron chi connectivity index (χ3n) is 2.55. The van der Waals surface area contributed by atoms with Crippen LogP contribution in [0.2, 0.25) is 5.02 Å². The second-order valence-electron chi connectivity index (χ2n) is 4.08. The van der Waals surface area contributed by atoms with Crippen LogP contribution < -0.4 is 4.72 Å². The number of halogens is 2. The average Bonchev–Trinajstić information content (AvgIpc) is 2.40. The maximum atomic E-state index is 12.1. The summed E-state index contributed by atoms with van der Waals surface area (Å²) in [6, 6.07) is 4.22. The van der Waals surface area contributed by atoms with Crippen LogP contribution in [0.4, 0.5) is 0 Å². The Kier molecular flexibility index (Phi) is 6.61. The normalized spacial score (nSPS) is 11.1. The number of hydrogen-bond acceptors (Lipinski definition) is 4. The SMILES string of the molecule is N#CCCCCNS(=O)(=O)c1cc(Br)c(Cl)c(C(=O)O)c1. The molecule has 0 heterocycles. The van der Waals surface area contributed by atoms with Crippen molar-refractivity contribution in [2.24, 2.45) is 0 Å². The van der Waals surface area contributed by atoms with Gasteiger partial charge in [0.2, 0.25) is 10.0 Å². The molecule has 114 valence electrons. The van der Waals surface area contributed by atoms with Gasteiger partial charge in [0.05, 0.1) is 21.6 Å². The molecule has 0 spiro atoms. The van der Waals surface area contributed by atoms with Gasteiger partial charge in [-0.2, -0.15) is 5.26 Å². The van der Waals surface area contributed by atoms with Crippen molar-refractivity contribution >= 4 is 43.5 Å². The molecule has 0 atom stereocenters. The number of aromatic carboxylic acids is 1. The Morgan fingerprint density at radius 1 is 1.43 bits per heavy atom. The molecule has 0 saturated carbocycles. The Morgan fingerprint density at radius 2 is 2.10 bits per heavy atom. The quantitative estimate of drug-likeness (QED) is 0.690. The van der Waals surface area contributed by atoms with Gasteiger partial charge in [-0.1, -0.05) is 11.6 Å². The zero-order valence-electron chi connectivity index (χ0n) is 10.8. The number of carboxylic acid groups (broad SMARTS) is 1. The number of benzene rings is 1. The molecular formula is C12H12BrClN2O4S. The molecule has 0 radical (unpaired) electrons. The topological polar surface area (TPSA) is 107 Å². The van der Waals surface area contributed by atoms with Crippen LogP contribution in [0.25, 0.3) is 0 Å². The zero-order chi connectivity index (χ0) is 16.0. The van der Waals surface area contributed by atoms with Crippen molar-refractivity contribution in [1.82, 2.24) is 4.72 Å². The van der Waals surface area contributed by atoms with Gasteiger partial charge in [-0.15, -0.1) is 0 Å². The van der Waals surface area contributed by atoms with E-state index in [-0.39, 0.29) is 26.5 Å². The van der Waals surface area contributed by atoms with E-state index in [1.807, 2.05) is 6.07 Å². The van der Waals surface area contributed by atoms with Crippen molar-refractivity contribution in [3.63, 3.8) is 0 Å². The summed E-state index contributed by atoms with van der Waals surface area (Å²) in [6.45, 7) is 0.173. The standard InChI is InChI=1S/C12H12BrClN2O4S/c13-10-7-8(6-9(11(10)14)12(17)18)21(19,20)16-5-3-1-2-4-15/h6-7,16H,1-3,5H2,(H,17,18). The Labute approximate surface area is 135 Å². The predicted octanol–water partition coefficient (Wildman–Crippen LogP) is 2.77. The lowest BCUT2D eigenvalue weighted by Gasteiger charge is -2.09. The van der Waals surface area contributed by atoms with E-state index in [1.54, 1.807) is 0 Å². The highest BCUT2D eigenvalue weighted by molar-refractivity contribution is 9.10. The van der Waals surface area contributed by atoms with Gasteiger partial charge in [-0.25, -0.2) is 17.9 Å². The summed E-state index contributed by atoms with van der Waals surface area (Å²) < 4.78 is 26.7. The maximum absolute atomic E-state index is 12.1. The van der Waals surface area contributed by atoms with Gasteiger partial charge in [0, 0.05) is 17.4 Å². The zero-order valence-corrected chi connectivity index (χ0v) is 13.9. The van der Waals surface area contributed by atoms with Crippen LogP contribution in [-0.2, 0) is 10.0 Å². The summed E-state index contributed by atoms with van der Waals surface area (Å²) >= 11 is 8.83. The van der Waals surface area contributed by atoms with Crippen LogP contribution in [0.15, 0.2) is 21.5 Å². The van der Waals surface area contributed by atoms with Crippen molar-refractivity contribution in [3.05, 3.63) is 27.2 Å². The van der Waals surface area contributed by atoms with Crippen LogP contribution >= 0.6 is 27.5 Å². The van der Waals surface area contributed by atoms with Gasteiger partial charge >= 0.3 is 5.97 Å². The number of carbonyl (C=O) groups is 1. The fraction of sp³-hybridized carbons (Fsp3) is 0.333. The molecule has 1 rings (SSSR count). The lowest BCUT2D eigenvalue weighted by Crippen LogP contribution is -2.25. The summed E-state index contributed by atoms with van der Waals surface area (Å²) in [7, 11) is -3.83. The largest absolute Gasteiger partial charge is 0.478 e. The van der Waals surface area contributed by atoms with Crippen molar-refractivity contribution in [1.29, 1.82) is 5.26 Å². The number of rotatable bonds is 7. The molecular weight excluding hydrogens is 384 g/mol. The summed E-state index contributed by atoms with van der Waals surface area (Å²) in [4.78, 5) is 10.9. The summed E-state index contributed by atoms with van der Waals surface area (Å²) in [5.41, 5.74) is -0.295. The van der Waals surface area contributed by atoms with Crippen molar-refractivity contribution in [2.45, 2.75) is 24.2 Å². The Bertz CT molecular complexity index is 685. The first kappa shape index (κ1) is 17.9. The van der Waals surface area contributed by atoms with E-state index in [9.17, 15) is 13.2 Å². The van der Waals surface area contributed by atoms with Crippen LogP contribution in [0.5, 0.6) is 0 Å². The first-order valence-corrected chi connectivity index (χ1v) is 8.54. The molecule has 0 aliphatic rings. The second kappa shape index (κ2) is 7.75. The van der Waals surface area contributed by atoms with Gasteiger partial charge < -0.3 is 5.11 Å². The molecule has 21 heavy (non-hydrogen) atoms. The number of carboxylic acids is 1. The fourth-order valence-electron chi connectivity index (χ4n) is 1.49. The highest BCUT2D eigenvalue weighted by Gasteiger charge is 2.20.